The Morgan fingerprint density at radius 1 is 1.44 bits per heavy atom. The minimum atomic E-state index is -3.39. The monoisotopic (exact) mass is 249 g/mol. The second kappa shape index (κ2) is 4.58. The van der Waals surface area contributed by atoms with Crippen molar-refractivity contribution in [3.05, 3.63) is 0 Å². The summed E-state index contributed by atoms with van der Waals surface area (Å²) in [5.41, 5.74) is 4.37. The van der Waals surface area contributed by atoms with Gasteiger partial charge in [-0.05, 0) is 26.7 Å². The van der Waals surface area contributed by atoms with Crippen LogP contribution in [-0.4, -0.2) is 30.2 Å². The van der Waals surface area contributed by atoms with Crippen molar-refractivity contribution < 1.29 is 13.6 Å². The number of nitrogens with zero attached hydrogens (tertiary/aromatic N) is 1. The quantitative estimate of drug-likeness (QED) is 0.290. The van der Waals surface area contributed by atoms with E-state index in [1.165, 1.54) is 0 Å². The molecule has 0 aliphatic heterocycles. The molecule has 4 N–H and O–H groups in total. The third-order valence-corrected chi connectivity index (χ3v) is 5.03. The third kappa shape index (κ3) is 2.85. The van der Waals surface area contributed by atoms with Crippen LogP contribution in [0.25, 0.3) is 0 Å². The maximum Gasteiger partial charge on any atom is 0.215 e. The summed E-state index contributed by atoms with van der Waals surface area (Å²) in [5.74, 6) is -0.144. The molecule has 1 aliphatic carbocycles. The molecule has 0 atom stereocenters. The molecule has 0 radical (unpaired) electrons. The van der Waals surface area contributed by atoms with E-state index in [1.807, 2.05) is 0 Å². The first-order chi connectivity index (χ1) is 7.29. The average molecular weight is 249 g/mol. The van der Waals surface area contributed by atoms with Gasteiger partial charge in [-0.2, -0.15) is 0 Å². The van der Waals surface area contributed by atoms with E-state index in [4.69, 9.17) is 10.9 Å². The highest BCUT2D eigenvalue weighted by Gasteiger charge is 2.35. The van der Waals surface area contributed by atoms with Crippen LogP contribution >= 0.6 is 0 Å². The maximum absolute atomic E-state index is 12.0. The van der Waals surface area contributed by atoms with E-state index >= 15 is 0 Å². The zero-order chi connectivity index (χ0) is 12.4. The van der Waals surface area contributed by atoms with Crippen LogP contribution in [0.2, 0.25) is 0 Å². The van der Waals surface area contributed by atoms with Crippen molar-refractivity contribution in [1.82, 2.24) is 4.72 Å². The zero-order valence-electron chi connectivity index (χ0n) is 9.60. The fourth-order valence-corrected chi connectivity index (χ4v) is 3.75. The molecule has 0 unspecified atom stereocenters. The normalized spacial score (nSPS) is 20.2. The lowest BCUT2D eigenvalue weighted by molar-refractivity contribution is 0.312. The standard InChI is InChI=1S/C9H19N3O3S/c1-9(2,8(10)11-13)12-16(14,15)7-5-3-4-6-7/h7,12-13H,3-6H2,1-2H3,(H2,10,11). The Labute approximate surface area is 95.9 Å². The lowest BCUT2D eigenvalue weighted by atomic mass is 10.1. The Morgan fingerprint density at radius 3 is 2.38 bits per heavy atom. The highest BCUT2D eigenvalue weighted by Crippen LogP contribution is 2.25. The first-order valence-electron chi connectivity index (χ1n) is 5.30. The van der Waals surface area contributed by atoms with Crippen LogP contribution in [0.5, 0.6) is 0 Å². The number of nitrogens with two attached hydrogens (primary N) is 1. The van der Waals surface area contributed by atoms with Gasteiger partial charge in [0.05, 0.1) is 10.8 Å². The second-order valence-electron chi connectivity index (χ2n) is 4.66. The summed E-state index contributed by atoms with van der Waals surface area (Å²) >= 11 is 0. The Bertz CT molecular complexity index is 369. The van der Waals surface area contributed by atoms with Gasteiger partial charge < -0.3 is 10.9 Å². The predicted octanol–water partition coefficient (Wildman–Crippen LogP) is 0.373. The van der Waals surface area contributed by atoms with Crippen LogP contribution in [0.3, 0.4) is 0 Å². The molecule has 0 aromatic rings. The highest BCUT2D eigenvalue weighted by atomic mass is 32.2. The number of nitrogens with one attached hydrogen (secondary N) is 1. The van der Waals surface area contributed by atoms with E-state index in [0.717, 1.165) is 12.8 Å². The summed E-state index contributed by atoms with van der Waals surface area (Å²) in [6.07, 6.45) is 3.24. The minimum absolute atomic E-state index is 0.144. The van der Waals surface area contributed by atoms with Crippen LogP contribution in [0.1, 0.15) is 39.5 Å². The van der Waals surface area contributed by atoms with Gasteiger partial charge in [-0.15, -0.1) is 0 Å². The van der Waals surface area contributed by atoms with E-state index in [9.17, 15) is 8.42 Å². The minimum Gasteiger partial charge on any atom is -0.409 e. The maximum atomic E-state index is 12.0. The SMILES string of the molecule is CC(C)(NS(=O)(=O)C1CCCC1)C(N)=NO. The van der Waals surface area contributed by atoms with E-state index < -0.39 is 15.6 Å². The molecule has 1 aliphatic rings. The van der Waals surface area contributed by atoms with E-state index in [1.54, 1.807) is 13.8 Å². The number of oxime groups is 1. The summed E-state index contributed by atoms with van der Waals surface area (Å²) in [6.45, 7) is 3.13. The fraction of sp³-hybridized carbons (Fsp3) is 0.889. The van der Waals surface area contributed by atoms with Gasteiger partial charge in [0.15, 0.2) is 5.84 Å². The van der Waals surface area contributed by atoms with E-state index in [2.05, 4.69) is 9.88 Å². The van der Waals surface area contributed by atoms with Crippen molar-refractivity contribution in [1.29, 1.82) is 0 Å². The van der Waals surface area contributed by atoms with E-state index in [-0.39, 0.29) is 11.1 Å². The summed E-state index contributed by atoms with van der Waals surface area (Å²) < 4.78 is 26.4. The van der Waals surface area contributed by atoms with Crippen LogP contribution in [0, 0.1) is 0 Å². The number of sulfonamides is 1. The molecule has 0 bridgehead atoms. The molecule has 0 aromatic heterocycles. The molecule has 94 valence electrons. The Balaban J connectivity index is 2.79. The van der Waals surface area contributed by atoms with E-state index in [0.29, 0.717) is 12.8 Å². The van der Waals surface area contributed by atoms with Crippen LogP contribution in [0.15, 0.2) is 5.16 Å². The third-order valence-electron chi connectivity index (χ3n) is 2.89. The van der Waals surface area contributed by atoms with Gasteiger partial charge in [-0.25, -0.2) is 13.1 Å². The molecular formula is C9H19N3O3S. The van der Waals surface area contributed by atoms with Gasteiger partial charge in [0, 0.05) is 0 Å². The number of rotatable bonds is 4. The molecule has 1 fully saturated rings. The average Bonchev–Trinajstić information content (AvgIpc) is 2.68. The van der Waals surface area contributed by atoms with Gasteiger partial charge in [0.2, 0.25) is 10.0 Å². The van der Waals surface area contributed by atoms with Gasteiger partial charge in [0.1, 0.15) is 0 Å². The van der Waals surface area contributed by atoms with Gasteiger partial charge >= 0.3 is 0 Å². The van der Waals surface area contributed by atoms with Crippen LogP contribution in [0.4, 0.5) is 0 Å². The van der Waals surface area contributed by atoms with Crippen molar-refractivity contribution in [2.45, 2.75) is 50.3 Å². The lowest BCUT2D eigenvalue weighted by Gasteiger charge is -2.26. The lowest BCUT2D eigenvalue weighted by Crippen LogP contribution is -2.54. The second-order valence-corrected chi connectivity index (χ2v) is 6.62. The Kier molecular flexibility index (Phi) is 3.80. The number of hydrogen-bond donors (Lipinski definition) is 3. The first kappa shape index (κ1) is 13.2. The fourth-order valence-electron chi connectivity index (χ4n) is 1.81. The zero-order valence-corrected chi connectivity index (χ0v) is 10.4. The molecule has 0 heterocycles. The van der Waals surface area contributed by atoms with Crippen molar-refractivity contribution in [3.8, 4) is 0 Å². The highest BCUT2D eigenvalue weighted by molar-refractivity contribution is 7.90. The number of amidine groups is 1. The van der Waals surface area contributed by atoms with Crippen LogP contribution in [-0.2, 0) is 10.0 Å². The van der Waals surface area contributed by atoms with Crippen molar-refractivity contribution >= 4 is 15.9 Å². The predicted molar refractivity (Wildman–Crippen MR) is 61.8 cm³/mol. The molecule has 16 heavy (non-hydrogen) atoms. The molecule has 1 rings (SSSR count). The van der Waals surface area contributed by atoms with Gasteiger partial charge in [0.25, 0.3) is 0 Å². The smallest absolute Gasteiger partial charge is 0.215 e. The molecule has 7 heteroatoms. The van der Waals surface area contributed by atoms with Crippen molar-refractivity contribution in [3.63, 3.8) is 0 Å². The summed E-state index contributed by atoms with van der Waals surface area (Å²) in [7, 11) is -3.39. The topological polar surface area (TPSA) is 105 Å². The molecular weight excluding hydrogens is 230 g/mol. The molecule has 6 nitrogen and oxygen atoms in total. The largest absolute Gasteiger partial charge is 0.409 e. The molecule has 0 amide bonds. The van der Waals surface area contributed by atoms with Crippen molar-refractivity contribution in [2.24, 2.45) is 10.9 Å². The molecule has 0 saturated heterocycles. The summed E-state index contributed by atoms with van der Waals surface area (Å²) in [6, 6.07) is 0. The molecule has 0 spiro atoms. The van der Waals surface area contributed by atoms with Gasteiger partial charge in [-0.3, -0.25) is 0 Å². The van der Waals surface area contributed by atoms with Crippen LogP contribution < -0.4 is 10.5 Å². The Morgan fingerprint density at radius 2 is 1.94 bits per heavy atom. The van der Waals surface area contributed by atoms with Crippen molar-refractivity contribution in [2.75, 3.05) is 0 Å². The van der Waals surface area contributed by atoms with Gasteiger partial charge in [-0.1, -0.05) is 18.0 Å². The first-order valence-corrected chi connectivity index (χ1v) is 6.85. The number of hydrogen-bond acceptors (Lipinski definition) is 4. The molecule has 1 saturated carbocycles. The summed E-state index contributed by atoms with van der Waals surface area (Å²) in [4.78, 5) is 0. The summed E-state index contributed by atoms with van der Waals surface area (Å²) in [5, 5.41) is 11.1. The Hall–Kier alpha value is -0.820. The molecule has 0 aromatic carbocycles.